The minimum Gasteiger partial charge on any atom is -0.359 e. The van der Waals surface area contributed by atoms with Gasteiger partial charge in [-0.05, 0) is 96.6 Å². The molecule has 0 saturated heterocycles. The Labute approximate surface area is 336 Å². The second kappa shape index (κ2) is 13.2. The molecule has 4 nitrogen and oxygen atoms in total. The molecule has 7 aromatic carbocycles. The van der Waals surface area contributed by atoms with Gasteiger partial charge in [-0.3, -0.25) is 0 Å². The molecule has 8 heteroatoms. The first kappa shape index (κ1) is 33.2. The predicted octanol–water partition coefficient (Wildman–Crippen LogP) is 12.1. The lowest BCUT2D eigenvalue weighted by Crippen LogP contribution is -2.55. The Morgan fingerprint density at radius 2 is 0.679 bits per heavy atom. The van der Waals surface area contributed by atoms with Crippen LogP contribution in [0, 0.1) is 13.8 Å². The van der Waals surface area contributed by atoms with Crippen LogP contribution in [0.25, 0.3) is 20.2 Å². The molecular weight excluding hydrogens is 718 g/mol. The Balaban J connectivity index is 1.09. The van der Waals surface area contributed by atoms with Crippen LogP contribution in [-0.4, -0.2) is 14.0 Å². The number of fused-ring (bicyclic) bond motifs is 6. The summed E-state index contributed by atoms with van der Waals surface area (Å²) in [6, 6.07) is 66.8. The van der Waals surface area contributed by atoms with Crippen LogP contribution in [0.1, 0.15) is 11.1 Å². The molecule has 0 bridgehead atoms. The number of hydrogen-bond donors (Lipinski definition) is 0. The summed E-state index contributed by atoms with van der Waals surface area (Å²) in [6.07, 6.45) is 0. The summed E-state index contributed by atoms with van der Waals surface area (Å²) >= 11 is 3.77. The van der Waals surface area contributed by atoms with E-state index in [4.69, 9.17) is 0 Å². The lowest BCUT2D eigenvalue weighted by molar-refractivity contribution is 1.39. The van der Waals surface area contributed by atoms with Crippen LogP contribution < -0.4 is 30.2 Å². The Morgan fingerprint density at radius 1 is 0.357 bits per heavy atom. The van der Waals surface area contributed by atoms with E-state index in [1.54, 1.807) is 0 Å². The van der Waals surface area contributed by atoms with Crippen molar-refractivity contribution in [2.45, 2.75) is 13.8 Å². The van der Waals surface area contributed by atoms with Gasteiger partial charge in [0.25, 0.3) is 0 Å². The van der Waals surface area contributed by atoms with Gasteiger partial charge in [-0.25, -0.2) is 0 Å². The van der Waals surface area contributed by atoms with Gasteiger partial charge in [0, 0.05) is 42.9 Å². The van der Waals surface area contributed by atoms with Crippen molar-refractivity contribution < 1.29 is 0 Å². The van der Waals surface area contributed by atoms with Crippen molar-refractivity contribution in [3.05, 3.63) is 193 Å². The van der Waals surface area contributed by atoms with E-state index in [0.717, 1.165) is 0 Å². The van der Waals surface area contributed by atoms with Crippen molar-refractivity contribution in [2.75, 3.05) is 19.2 Å². The van der Waals surface area contributed by atoms with E-state index < -0.39 is 0 Å². The van der Waals surface area contributed by atoms with Gasteiger partial charge in [-0.15, -0.1) is 22.7 Å². The molecular formula is C48H36B2N4S2. The molecule has 2 aliphatic heterocycles. The van der Waals surface area contributed by atoms with Crippen molar-refractivity contribution in [2.24, 2.45) is 0 Å². The molecule has 0 fully saturated rings. The van der Waals surface area contributed by atoms with Crippen LogP contribution in [-0.2, 0) is 0 Å². The van der Waals surface area contributed by atoms with E-state index >= 15 is 0 Å². The topological polar surface area (TPSA) is 13.0 Å². The fourth-order valence-corrected chi connectivity index (χ4v) is 11.4. The predicted molar refractivity (Wildman–Crippen MR) is 245 cm³/mol. The summed E-state index contributed by atoms with van der Waals surface area (Å²) < 4.78 is 2.62. The quantitative estimate of drug-likeness (QED) is 0.157. The molecule has 4 heterocycles. The molecule has 56 heavy (non-hydrogen) atoms. The van der Waals surface area contributed by atoms with E-state index in [9.17, 15) is 0 Å². The molecule has 0 unspecified atom stereocenters. The number of anilines is 8. The van der Waals surface area contributed by atoms with E-state index in [1.807, 2.05) is 22.7 Å². The van der Waals surface area contributed by atoms with Crippen LogP contribution in [0.15, 0.2) is 182 Å². The largest absolute Gasteiger partial charge is 0.421 e. The van der Waals surface area contributed by atoms with Gasteiger partial charge in [0.2, 0.25) is 0 Å². The normalized spacial score (nSPS) is 13.7. The number of hydrogen-bond acceptors (Lipinski definition) is 6. The molecule has 0 atom stereocenters. The summed E-state index contributed by atoms with van der Waals surface area (Å²) in [5, 5.41) is 5.11. The van der Waals surface area contributed by atoms with Crippen molar-refractivity contribution in [1.29, 1.82) is 0 Å². The van der Waals surface area contributed by atoms with Crippen molar-refractivity contribution in [3.63, 3.8) is 0 Å². The smallest absolute Gasteiger partial charge is 0.359 e. The van der Waals surface area contributed by atoms with E-state index in [0.29, 0.717) is 0 Å². The maximum atomic E-state index is 2.55. The average Bonchev–Trinajstić information content (AvgIpc) is 3.98. The number of benzene rings is 7. The minimum absolute atomic E-state index is 0.0892. The fraction of sp³-hybridized carbons (Fsp3) is 0.0417. The molecule has 0 N–H and O–H groups in total. The molecule has 0 spiro atoms. The zero-order valence-corrected chi connectivity index (χ0v) is 32.7. The van der Waals surface area contributed by atoms with Gasteiger partial charge in [-0.2, -0.15) is 0 Å². The van der Waals surface area contributed by atoms with Gasteiger partial charge >= 0.3 is 14.0 Å². The maximum absolute atomic E-state index is 2.55. The number of aryl methyl sites for hydroxylation is 2. The van der Waals surface area contributed by atoms with Crippen molar-refractivity contribution in [3.8, 4) is 0 Å². The van der Waals surface area contributed by atoms with Gasteiger partial charge in [0.05, 0.1) is 11.4 Å². The zero-order chi connectivity index (χ0) is 37.3. The summed E-state index contributed by atoms with van der Waals surface area (Å²) in [4.78, 5) is 10.2. The molecule has 0 saturated carbocycles. The molecule has 0 radical (unpaired) electrons. The summed E-state index contributed by atoms with van der Waals surface area (Å²) in [6.45, 7) is 4.19. The standard InChI is InChI=1S/C48H36B2N4S2/c1-33-23-29-41-43(31-33)55-47-45(41)51(37-15-7-3-8-16-37)49(53(47)39-19-11-5-12-20-39)35-25-27-36(28-26-35)50-52(38-17-9-4-10-18-38)46-42-30-24-34(2)32-44(42)56-48(46)54(50)40-21-13-6-14-22-40/h3-32H,1-2H3. The van der Waals surface area contributed by atoms with Crippen LogP contribution >= 0.6 is 22.7 Å². The van der Waals surface area contributed by atoms with E-state index in [1.165, 1.54) is 86.4 Å². The van der Waals surface area contributed by atoms with Crippen molar-refractivity contribution in [1.82, 2.24) is 0 Å². The second-order valence-electron chi connectivity index (χ2n) is 14.7. The summed E-state index contributed by atoms with van der Waals surface area (Å²) in [7, 11) is 0. The molecule has 0 aliphatic carbocycles. The van der Waals surface area contributed by atoms with Crippen molar-refractivity contribution >= 4 is 112 Å². The van der Waals surface area contributed by atoms with Crippen LogP contribution in [0.4, 0.5) is 44.1 Å². The highest BCUT2D eigenvalue weighted by Gasteiger charge is 2.48. The van der Waals surface area contributed by atoms with Crippen LogP contribution in [0.3, 0.4) is 0 Å². The molecule has 266 valence electrons. The zero-order valence-electron chi connectivity index (χ0n) is 31.1. The monoisotopic (exact) mass is 754 g/mol. The Hall–Kier alpha value is -6.21. The lowest BCUT2D eigenvalue weighted by Gasteiger charge is -2.32. The highest BCUT2D eigenvalue weighted by molar-refractivity contribution is 7.26. The number of thiophene rings is 2. The highest BCUT2D eigenvalue weighted by atomic mass is 32.1. The van der Waals surface area contributed by atoms with Crippen LogP contribution in [0.5, 0.6) is 0 Å². The lowest BCUT2D eigenvalue weighted by atomic mass is 9.60. The first-order valence-corrected chi connectivity index (χ1v) is 20.8. The van der Waals surface area contributed by atoms with Gasteiger partial charge in [-0.1, -0.05) is 121 Å². The number of nitrogens with zero attached hydrogens (tertiary/aromatic N) is 4. The Kier molecular flexibility index (Phi) is 7.83. The van der Waals surface area contributed by atoms with E-state index in [-0.39, 0.29) is 14.0 Å². The highest BCUT2D eigenvalue weighted by Crippen LogP contribution is 2.56. The maximum Gasteiger partial charge on any atom is 0.421 e. The molecule has 9 aromatic rings. The van der Waals surface area contributed by atoms with Gasteiger partial charge in [0.15, 0.2) is 0 Å². The average molecular weight is 755 g/mol. The first-order chi connectivity index (χ1) is 27.6. The third-order valence-corrected chi connectivity index (χ3v) is 13.5. The fourth-order valence-electron chi connectivity index (χ4n) is 8.69. The molecule has 2 aliphatic rings. The Bertz CT molecular complexity index is 2670. The number of rotatable bonds is 6. The Morgan fingerprint density at radius 3 is 1.02 bits per heavy atom. The van der Waals surface area contributed by atoms with Crippen LogP contribution in [0.2, 0.25) is 0 Å². The SMILES string of the molecule is Cc1ccc2c3c(sc2c1)N(c1ccccc1)B(c1ccc(B2N(c4ccccc4)c4sc5cc(C)ccc5c4N2c2ccccc2)cc1)N3c1ccccc1. The summed E-state index contributed by atoms with van der Waals surface area (Å²) in [5.74, 6) is 0. The van der Waals surface area contributed by atoms with Gasteiger partial charge < -0.3 is 19.2 Å². The number of para-hydroxylation sites is 4. The van der Waals surface area contributed by atoms with E-state index in [2.05, 4.69) is 215 Å². The third kappa shape index (κ3) is 5.20. The first-order valence-electron chi connectivity index (χ1n) is 19.2. The molecule has 2 aromatic heterocycles. The minimum atomic E-state index is -0.0892. The van der Waals surface area contributed by atoms with Gasteiger partial charge in [0.1, 0.15) is 10.0 Å². The molecule has 11 rings (SSSR count). The molecule has 0 amide bonds. The summed E-state index contributed by atoms with van der Waals surface area (Å²) in [5.41, 5.74) is 12.3. The third-order valence-electron chi connectivity index (χ3n) is 11.2. The second-order valence-corrected chi connectivity index (χ2v) is 16.8.